The van der Waals surface area contributed by atoms with Crippen LogP contribution in [-0.4, -0.2) is 150 Å². The number of nitrogens with two attached hydrogens (primary N) is 1. The Hall–Kier alpha value is -2.17. The van der Waals surface area contributed by atoms with Gasteiger partial charge in [-0.05, 0) is 37.5 Å². The highest BCUT2D eigenvalue weighted by Gasteiger charge is 2.14. The molecule has 15 nitrogen and oxygen atoms in total. The summed E-state index contributed by atoms with van der Waals surface area (Å²) in [5, 5.41) is 3.81. The average molecular weight is 834 g/mol. The summed E-state index contributed by atoms with van der Waals surface area (Å²) in [5.74, 6) is 7.19. The number of hydrogen-bond donors (Lipinski definition) is 1. The van der Waals surface area contributed by atoms with Gasteiger partial charge in [0.2, 0.25) is 7.37 Å². The molecule has 2 N–H and O–H groups in total. The van der Waals surface area contributed by atoms with Gasteiger partial charge in [0, 0.05) is 25.1 Å². The molecule has 1 unspecified atom stereocenters. The molecule has 0 bridgehead atoms. The Morgan fingerprint density at radius 2 is 1.00 bits per heavy atom. The van der Waals surface area contributed by atoms with Crippen molar-refractivity contribution in [2.24, 2.45) is 15.9 Å². The van der Waals surface area contributed by atoms with Gasteiger partial charge in [0.15, 0.2) is 0 Å². The second-order valence-corrected chi connectivity index (χ2v) is 15.9. The van der Waals surface area contributed by atoms with Crippen LogP contribution in [0.4, 0.5) is 0 Å². The lowest BCUT2D eigenvalue weighted by Crippen LogP contribution is -2.17. The van der Waals surface area contributed by atoms with Gasteiger partial charge >= 0.3 is 0 Å². The molecule has 0 aromatic heterocycles. The second kappa shape index (κ2) is 39.3. The molecule has 0 saturated heterocycles. The van der Waals surface area contributed by atoms with E-state index in [9.17, 15) is 4.57 Å². The van der Waals surface area contributed by atoms with Crippen LogP contribution >= 0.6 is 7.37 Å². The maximum absolute atomic E-state index is 12.0. The van der Waals surface area contributed by atoms with E-state index in [4.69, 9.17) is 57.7 Å². The zero-order chi connectivity index (χ0) is 41.3. The van der Waals surface area contributed by atoms with E-state index in [1.807, 2.05) is 25.1 Å². The van der Waals surface area contributed by atoms with E-state index in [0.29, 0.717) is 137 Å². The topological polar surface area (TPSA) is 169 Å². The largest absolute Gasteiger partial charge is 0.493 e. The van der Waals surface area contributed by atoms with Crippen LogP contribution in [0.5, 0.6) is 11.5 Å². The Labute approximate surface area is 343 Å². The van der Waals surface area contributed by atoms with Crippen LogP contribution < -0.4 is 15.3 Å². The van der Waals surface area contributed by atoms with Gasteiger partial charge in [-0.2, -0.15) is 5.10 Å². The lowest BCUT2D eigenvalue weighted by Gasteiger charge is -2.12. The number of hydrogen-bond acceptors (Lipinski definition) is 15. The third-order valence-corrected chi connectivity index (χ3v) is 9.85. The molecule has 0 heterocycles. The molecule has 0 amide bonds. The number of ether oxygens (including phenoxy) is 10. The van der Waals surface area contributed by atoms with Crippen LogP contribution in [0.1, 0.15) is 77.7 Å². The molecule has 57 heavy (non-hydrogen) atoms. The van der Waals surface area contributed by atoms with Crippen molar-refractivity contribution >= 4 is 19.3 Å². The monoisotopic (exact) mass is 834 g/mol. The molecule has 1 rings (SSSR count). The minimum absolute atomic E-state index is 0.232. The number of benzene rings is 1. The van der Waals surface area contributed by atoms with Crippen molar-refractivity contribution in [3.05, 3.63) is 23.8 Å². The molecule has 0 aliphatic rings. The third kappa shape index (κ3) is 34.4. The first-order valence-electron chi connectivity index (χ1n) is 20.9. The smallest absolute Gasteiger partial charge is 0.202 e. The first kappa shape index (κ1) is 52.8. The van der Waals surface area contributed by atoms with Crippen molar-refractivity contribution in [1.82, 2.24) is 0 Å². The van der Waals surface area contributed by atoms with Crippen LogP contribution in [0.15, 0.2) is 28.3 Å². The number of hydrazone groups is 1. The van der Waals surface area contributed by atoms with Crippen LogP contribution in [0.3, 0.4) is 0 Å². The summed E-state index contributed by atoms with van der Waals surface area (Å²) in [6, 6.07) is 6.00. The summed E-state index contributed by atoms with van der Waals surface area (Å²) >= 11 is 0. The molecule has 1 atom stereocenters. The maximum atomic E-state index is 12.0. The van der Waals surface area contributed by atoms with Crippen molar-refractivity contribution < 1.29 is 56.5 Å². The lowest BCUT2D eigenvalue weighted by atomic mass is 10.2. The quantitative estimate of drug-likeness (QED) is 0.0247. The third-order valence-electron chi connectivity index (χ3n) is 8.05. The fraction of sp³-hybridized carbons (Fsp3) is 0.805. The Morgan fingerprint density at radius 3 is 1.40 bits per heavy atom. The van der Waals surface area contributed by atoms with Gasteiger partial charge < -0.3 is 57.7 Å². The summed E-state index contributed by atoms with van der Waals surface area (Å²) in [6.07, 6.45) is 11.3. The maximum Gasteiger partial charge on any atom is 0.202 e. The van der Waals surface area contributed by atoms with Gasteiger partial charge in [0.05, 0.1) is 132 Å². The summed E-state index contributed by atoms with van der Waals surface area (Å²) in [7, 11) is -2.54. The highest BCUT2D eigenvalue weighted by molar-refractivity contribution is 7.58. The molecule has 1 aromatic carbocycles. The minimum Gasteiger partial charge on any atom is -0.493 e. The predicted octanol–water partition coefficient (Wildman–Crippen LogP) is 6.57. The van der Waals surface area contributed by atoms with Gasteiger partial charge in [-0.1, -0.05) is 52.4 Å². The molecule has 332 valence electrons. The van der Waals surface area contributed by atoms with E-state index in [0.717, 1.165) is 29.9 Å². The summed E-state index contributed by atoms with van der Waals surface area (Å²) in [6.45, 7) is 17.2. The van der Waals surface area contributed by atoms with Crippen molar-refractivity contribution in [3.8, 4) is 11.5 Å². The van der Waals surface area contributed by atoms with Crippen LogP contribution in [-0.2, 0) is 53.5 Å². The van der Waals surface area contributed by atoms with Crippen LogP contribution in [0.25, 0.3) is 0 Å². The summed E-state index contributed by atoms with van der Waals surface area (Å²) in [4.78, 5) is 4.54. The van der Waals surface area contributed by atoms with Gasteiger partial charge in [0.1, 0.15) is 17.2 Å². The first-order chi connectivity index (χ1) is 27.9. The zero-order valence-corrected chi connectivity index (χ0v) is 36.5. The van der Waals surface area contributed by atoms with Crippen LogP contribution in [0, 0.1) is 0 Å². The van der Waals surface area contributed by atoms with Gasteiger partial charge in [-0.3, -0.25) is 9.56 Å². The highest BCUT2D eigenvalue weighted by atomic mass is 31.2. The number of nitrogens with zero attached hydrogens (tertiary/aromatic N) is 2. The van der Waals surface area contributed by atoms with Gasteiger partial charge in [-0.15, -0.1) is 0 Å². The molecule has 16 heteroatoms. The minimum atomic E-state index is -2.54. The van der Waals surface area contributed by atoms with Crippen molar-refractivity contribution in [3.63, 3.8) is 0 Å². The summed E-state index contributed by atoms with van der Waals surface area (Å²) < 4.78 is 73.4. The Morgan fingerprint density at radius 1 is 0.579 bits per heavy atom. The van der Waals surface area contributed by atoms with E-state index in [-0.39, 0.29) is 6.61 Å². The second-order valence-electron chi connectivity index (χ2n) is 13.2. The molecule has 0 saturated carbocycles. The molecule has 0 aliphatic heterocycles. The van der Waals surface area contributed by atoms with E-state index < -0.39 is 7.37 Å². The molecule has 1 aromatic rings. The Kier molecular flexibility index (Phi) is 36.4. The Balaban J connectivity index is 2.02. The fourth-order valence-corrected chi connectivity index (χ4v) is 6.11. The summed E-state index contributed by atoms with van der Waals surface area (Å²) in [5.41, 5.74) is 1.53. The van der Waals surface area contributed by atoms with Crippen molar-refractivity contribution in [1.29, 1.82) is 0 Å². The van der Waals surface area contributed by atoms with E-state index in [2.05, 4.69) is 23.9 Å². The van der Waals surface area contributed by atoms with E-state index in [1.165, 1.54) is 38.5 Å². The highest BCUT2D eigenvalue weighted by Crippen LogP contribution is 2.41. The molecule has 0 aliphatic carbocycles. The number of unbranched alkanes of at least 4 members (excludes halogenated alkanes) is 6. The number of aliphatic imine (C=N–C) groups is 1. The molecule has 0 spiro atoms. The SMILES string of the molecule is CCCCCCOc1cc(CN=CC(COCCOCCOCCOCCOCCOCCOCCOCCP(C)(=O)OCC)=NN)cc(OCCCCCC)c1. The van der Waals surface area contributed by atoms with Gasteiger partial charge in [-0.25, -0.2) is 0 Å². The number of rotatable bonds is 43. The van der Waals surface area contributed by atoms with Crippen LogP contribution in [0.2, 0.25) is 0 Å². The first-order valence-corrected chi connectivity index (χ1v) is 23.2. The zero-order valence-electron chi connectivity index (χ0n) is 35.6. The Bertz CT molecular complexity index is 1130. The van der Waals surface area contributed by atoms with E-state index >= 15 is 0 Å². The van der Waals surface area contributed by atoms with Gasteiger partial charge in [0.25, 0.3) is 0 Å². The molecular weight excluding hydrogens is 757 g/mol. The van der Waals surface area contributed by atoms with E-state index in [1.54, 1.807) is 12.9 Å². The predicted molar refractivity (Wildman–Crippen MR) is 226 cm³/mol. The average Bonchev–Trinajstić information content (AvgIpc) is 3.20. The normalized spacial score (nSPS) is 13.1. The lowest BCUT2D eigenvalue weighted by molar-refractivity contribution is -0.0221. The van der Waals surface area contributed by atoms with Crippen molar-refractivity contribution in [2.45, 2.75) is 78.7 Å². The molecular formula is C41H76N3O12P. The molecule has 0 radical (unpaired) electrons. The standard InChI is InChI=1S/C41H76N3O12P/c1-5-8-10-12-14-54-40-32-38(33-41(34-40)55-15-13-11-9-6-2)35-43-36-39(44-42)37-53-29-28-51-25-24-49-21-20-47-17-16-46-18-19-48-22-23-50-26-27-52-30-31-57(4,45)56-7-3/h32-34,36H,5-31,35,37,42H2,1-4H3. The van der Waals surface area contributed by atoms with Crippen molar-refractivity contribution in [2.75, 3.05) is 138 Å². The molecule has 0 fully saturated rings. The fourth-order valence-electron chi connectivity index (χ4n) is 4.97.